The van der Waals surface area contributed by atoms with Gasteiger partial charge in [-0.05, 0) is 24.3 Å². The lowest BCUT2D eigenvalue weighted by Gasteiger charge is -2.14. The summed E-state index contributed by atoms with van der Waals surface area (Å²) in [6, 6.07) is 14.9. The maximum atomic E-state index is 12.8. The highest BCUT2D eigenvalue weighted by Gasteiger charge is 2.33. The summed E-state index contributed by atoms with van der Waals surface area (Å²) in [6.07, 6.45) is 1.78. The summed E-state index contributed by atoms with van der Waals surface area (Å²) in [5.74, 6) is 1.07. The number of hydrogen-bond donors (Lipinski definition) is 0. The number of carbonyl (C=O) groups is 1. The van der Waals surface area contributed by atoms with E-state index in [2.05, 4.69) is 0 Å². The van der Waals surface area contributed by atoms with Gasteiger partial charge in [0.25, 0.3) is 5.91 Å². The summed E-state index contributed by atoms with van der Waals surface area (Å²) < 4.78 is 11.2. The minimum atomic E-state index is -0.138. The fraction of sp³-hybridized carbons (Fsp3) is 0.111. The van der Waals surface area contributed by atoms with Crippen LogP contribution in [0.4, 0.5) is 5.69 Å². The molecule has 1 aliphatic heterocycles. The van der Waals surface area contributed by atoms with Crippen LogP contribution in [0.25, 0.3) is 6.08 Å². The number of benzene rings is 2. The Hall–Kier alpha value is -2.31. The second-order valence-electron chi connectivity index (χ2n) is 4.94. The number of thioether (sulfide) groups is 1. The molecule has 0 N–H and O–H groups in total. The number of hydrogen-bond acceptors (Lipinski definition) is 5. The number of amides is 1. The van der Waals surface area contributed by atoms with Crippen molar-refractivity contribution in [3.63, 3.8) is 0 Å². The molecule has 0 aromatic heterocycles. The van der Waals surface area contributed by atoms with E-state index in [4.69, 9.17) is 21.7 Å². The highest BCUT2D eigenvalue weighted by Crippen LogP contribution is 2.38. The van der Waals surface area contributed by atoms with E-state index in [1.54, 1.807) is 25.2 Å². The predicted octanol–water partition coefficient (Wildman–Crippen LogP) is 4.11. The zero-order chi connectivity index (χ0) is 17.1. The van der Waals surface area contributed by atoms with E-state index in [1.807, 2.05) is 48.5 Å². The van der Waals surface area contributed by atoms with E-state index in [1.165, 1.54) is 11.8 Å². The van der Waals surface area contributed by atoms with Crippen molar-refractivity contribution in [3.05, 3.63) is 59.0 Å². The molecule has 0 bridgehead atoms. The van der Waals surface area contributed by atoms with Gasteiger partial charge >= 0.3 is 0 Å². The average Bonchev–Trinajstić information content (AvgIpc) is 2.89. The van der Waals surface area contributed by atoms with E-state index >= 15 is 0 Å². The number of nitrogens with zero attached hydrogens (tertiary/aromatic N) is 1. The maximum absolute atomic E-state index is 12.8. The Bertz CT molecular complexity index is 818. The molecule has 2 aromatic carbocycles. The van der Waals surface area contributed by atoms with Gasteiger partial charge in [-0.2, -0.15) is 0 Å². The molecule has 0 saturated carbocycles. The Kier molecular flexibility index (Phi) is 4.87. The molecule has 122 valence electrons. The van der Waals surface area contributed by atoms with Gasteiger partial charge in [0.15, 0.2) is 15.8 Å². The summed E-state index contributed by atoms with van der Waals surface area (Å²) in [6.45, 7) is 0. The normalized spacial score (nSPS) is 15.9. The molecular weight excluding hydrogens is 342 g/mol. The van der Waals surface area contributed by atoms with Crippen LogP contribution < -0.4 is 14.4 Å². The van der Waals surface area contributed by atoms with Gasteiger partial charge in [0.05, 0.1) is 24.8 Å². The number of anilines is 1. The van der Waals surface area contributed by atoms with Gasteiger partial charge in [-0.25, -0.2) is 0 Å². The Morgan fingerprint density at radius 2 is 1.79 bits per heavy atom. The van der Waals surface area contributed by atoms with Gasteiger partial charge in [-0.15, -0.1) is 0 Å². The quantitative estimate of drug-likeness (QED) is 0.608. The van der Waals surface area contributed by atoms with E-state index in [0.29, 0.717) is 20.7 Å². The van der Waals surface area contributed by atoms with Crippen LogP contribution in [-0.4, -0.2) is 24.4 Å². The van der Waals surface area contributed by atoms with Crippen molar-refractivity contribution < 1.29 is 14.3 Å². The molecule has 3 rings (SSSR count). The number of thiocarbonyl (C=S) groups is 1. The molecule has 0 atom stereocenters. The average molecular weight is 357 g/mol. The highest BCUT2D eigenvalue weighted by molar-refractivity contribution is 8.27. The molecule has 1 fully saturated rings. The molecule has 1 saturated heterocycles. The highest BCUT2D eigenvalue weighted by atomic mass is 32.2. The number of para-hydroxylation sites is 2. The van der Waals surface area contributed by atoms with Gasteiger partial charge in [0.2, 0.25) is 0 Å². The topological polar surface area (TPSA) is 38.8 Å². The first kappa shape index (κ1) is 16.5. The molecule has 0 radical (unpaired) electrons. The van der Waals surface area contributed by atoms with Crippen molar-refractivity contribution in [2.75, 3.05) is 19.1 Å². The monoisotopic (exact) mass is 357 g/mol. The van der Waals surface area contributed by atoms with E-state index in [-0.39, 0.29) is 5.91 Å². The Balaban J connectivity index is 1.98. The van der Waals surface area contributed by atoms with Crippen LogP contribution in [0.2, 0.25) is 0 Å². The van der Waals surface area contributed by atoms with E-state index < -0.39 is 0 Å². The van der Waals surface area contributed by atoms with Crippen LogP contribution in [0.5, 0.6) is 11.5 Å². The summed E-state index contributed by atoms with van der Waals surface area (Å²) in [5, 5.41) is 0. The van der Waals surface area contributed by atoms with Gasteiger partial charge in [-0.3, -0.25) is 9.69 Å². The Morgan fingerprint density at radius 1 is 1.04 bits per heavy atom. The molecule has 1 heterocycles. The smallest absolute Gasteiger partial charge is 0.270 e. The van der Waals surface area contributed by atoms with E-state index in [9.17, 15) is 4.79 Å². The third-order valence-corrected chi connectivity index (χ3v) is 4.83. The van der Waals surface area contributed by atoms with Crippen molar-refractivity contribution in [1.82, 2.24) is 0 Å². The molecule has 4 nitrogen and oxygen atoms in total. The SMILES string of the molecule is COc1cccc(/C=C2\SC(=S)N(c3ccccc3)C2=O)c1OC. The summed E-state index contributed by atoms with van der Waals surface area (Å²) in [5.41, 5.74) is 1.53. The number of rotatable bonds is 4. The van der Waals surface area contributed by atoms with Crippen LogP contribution in [0.15, 0.2) is 53.4 Å². The van der Waals surface area contributed by atoms with Crippen LogP contribution in [-0.2, 0) is 4.79 Å². The van der Waals surface area contributed by atoms with Crippen molar-refractivity contribution >= 4 is 46.0 Å². The first-order chi connectivity index (χ1) is 11.7. The van der Waals surface area contributed by atoms with Crippen LogP contribution in [0, 0.1) is 0 Å². The fourth-order valence-electron chi connectivity index (χ4n) is 2.43. The van der Waals surface area contributed by atoms with Gasteiger partial charge in [-0.1, -0.05) is 54.3 Å². The Morgan fingerprint density at radius 3 is 2.46 bits per heavy atom. The second-order valence-corrected chi connectivity index (χ2v) is 6.61. The predicted molar refractivity (Wildman–Crippen MR) is 102 cm³/mol. The molecule has 1 aliphatic rings. The molecule has 2 aromatic rings. The number of methoxy groups -OCH3 is 2. The third kappa shape index (κ3) is 3.02. The number of ether oxygens (including phenoxy) is 2. The molecule has 6 heteroatoms. The van der Waals surface area contributed by atoms with Crippen molar-refractivity contribution in [1.29, 1.82) is 0 Å². The maximum Gasteiger partial charge on any atom is 0.270 e. The largest absolute Gasteiger partial charge is 0.493 e. The molecule has 0 aliphatic carbocycles. The molecule has 0 spiro atoms. The van der Waals surface area contributed by atoms with Crippen molar-refractivity contribution in [2.24, 2.45) is 0 Å². The zero-order valence-electron chi connectivity index (χ0n) is 13.2. The minimum Gasteiger partial charge on any atom is -0.493 e. The van der Waals surface area contributed by atoms with Crippen LogP contribution in [0.3, 0.4) is 0 Å². The first-order valence-electron chi connectivity index (χ1n) is 7.19. The summed E-state index contributed by atoms with van der Waals surface area (Å²) >= 11 is 6.65. The van der Waals surface area contributed by atoms with Gasteiger partial charge in [0, 0.05) is 5.56 Å². The summed E-state index contributed by atoms with van der Waals surface area (Å²) in [4.78, 5) is 14.8. The zero-order valence-corrected chi connectivity index (χ0v) is 14.8. The molecular formula is C18H15NO3S2. The lowest BCUT2D eigenvalue weighted by Crippen LogP contribution is -2.27. The number of carbonyl (C=O) groups excluding carboxylic acids is 1. The van der Waals surface area contributed by atoms with E-state index in [0.717, 1.165) is 11.3 Å². The Labute approximate surface area is 150 Å². The third-order valence-electron chi connectivity index (χ3n) is 3.53. The molecule has 24 heavy (non-hydrogen) atoms. The fourth-order valence-corrected chi connectivity index (χ4v) is 3.72. The molecule has 0 unspecified atom stereocenters. The van der Waals surface area contributed by atoms with Gasteiger partial charge in [0.1, 0.15) is 0 Å². The van der Waals surface area contributed by atoms with Crippen LogP contribution in [0.1, 0.15) is 5.56 Å². The van der Waals surface area contributed by atoms with Crippen LogP contribution >= 0.6 is 24.0 Å². The second kappa shape index (κ2) is 7.07. The lowest BCUT2D eigenvalue weighted by atomic mass is 10.1. The molecule has 1 amide bonds. The van der Waals surface area contributed by atoms with Crippen molar-refractivity contribution in [2.45, 2.75) is 0 Å². The standard InChI is InChI=1S/C18H15NO3S2/c1-21-14-10-6-7-12(16(14)22-2)11-15-17(20)19(18(23)24-15)13-8-4-3-5-9-13/h3-11H,1-2H3/b15-11-. The van der Waals surface area contributed by atoms with Crippen molar-refractivity contribution in [3.8, 4) is 11.5 Å². The lowest BCUT2D eigenvalue weighted by molar-refractivity contribution is -0.113. The first-order valence-corrected chi connectivity index (χ1v) is 8.42. The minimum absolute atomic E-state index is 0.138. The van der Waals surface area contributed by atoms with Gasteiger partial charge < -0.3 is 9.47 Å². The summed E-state index contributed by atoms with van der Waals surface area (Å²) in [7, 11) is 3.15.